The summed E-state index contributed by atoms with van der Waals surface area (Å²) in [4.78, 5) is 4.84. The first kappa shape index (κ1) is 16.5. The monoisotopic (exact) mass is 375 g/mol. The molecule has 0 radical (unpaired) electrons. The molecule has 0 bridgehead atoms. The number of aryl methyl sites for hydroxylation is 2. The molecule has 8 heteroatoms. The van der Waals surface area contributed by atoms with Gasteiger partial charge in [-0.3, -0.25) is 0 Å². The summed E-state index contributed by atoms with van der Waals surface area (Å²) in [5.41, 5.74) is 4.64. The molecule has 0 N–H and O–H groups in total. The average Bonchev–Trinajstić information content (AvgIpc) is 3.35. The normalized spacial score (nSPS) is 12.5. The first-order valence-corrected chi connectivity index (χ1v) is 8.79. The number of pyridine rings is 1. The van der Waals surface area contributed by atoms with Gasteiger partial charge in [-0.25, -0.2) is 4.98 Å². The average molecular weight is 375 g/mol. The zero-order chi connectivity index (χ0) is 19.3. The Morgan fingerprint density at radius 1 is 1.07 bits per heavy atom. The third kappa shape index (κ3) is 2.53. The molecule has 3 heterocycles. The van der Waals surface area contributed by atoms with Crippen molar-refractivity contribution in [3.63, 3.8) is 0 Å². The number of aromatic nitrogens is 5. The summed E-state index contributed by atoms with van der Waals surface area (Å²) in [7, 11) is 1.61. The quantitative estimate of drug-likeness (QED) is 0.543. The topological polar surface area (TPSA) is 84.2 Å². The maximum absolute atomic E-state index is 5.54. The van der Waals surface area contributed by atoms with Gasteiger partial charge in [0.2, 0.25) is 12.5 Å². The van der Waals surface area contributed by atoms with Crippen LogP contribution in [0.2, 0.25) is 0 Å². The van der Waals surface area contributed by atoms with Crippen LogP contribution in [0.5, 0.6) is 17.2 Å². The van der Waals surface area contributed by atoms with Crippen molar-refractivity contribution in [2.24, 2.45) is 0 Å². The van der Waals surface area contributed by atoms with Crippen LogP contribution in [0.25, 0.3) is 27.8 Å². The minimum Gasteiger partial charge on any atom is -0.493 e. The lowest BCUT2D eigenvalue weighted by Crippen LogP contribution is -2.00. The molecule has 2 aromatic carbocycles. The van der Waals surface area contributed by atoms with E-state index in [-0.39, 0.29) is 6.79 Å². The Morgan fingerprint density at radius 2 is 1.96 bits per heavy atom. The van der Waals surface area contributed by atoms with Crippen LogP contribution in [0.4, 0.5) is 0 Å². The van der Waals surface area contributed by atoms with E-state index in [0.717, 1.165) is 39.2 Å². The number of fused-ring (bicyclic) bond motifs is 2. The van der Waals surface area contributed by atoms with Gasteiger partial charge in [-0.05, 0) is 66.2 Å². The Labute approximate surface area is 160 Å². The lowest BCUT2D eigenvalue weighted by molar-refractivity contribution is 0.171. The summed E-state index contributed by atoms with van der Waals surface area (Å²) in [6.45, 7) is 4.12. The van der Waals surface area contributed by atoms with Crippen LogP contribution < -0.4 is 14.2 Å². The number of rotatable bonds is 3. The molecule has 1 aliphatic rings. The maximum atomic E-state index is 5.54. The van der Waals surface area contributed by atoms with E-state index in [4.69, 9.17) is 19.2 Å². The van der Waals surface area contributed by atoms with Crippen LogP contribution in [-0.4, -0.2) is 39.1 Å². The molecule has 0 spiro atoms. The molecule has 0 saturated heterocycles. The predicted molar refractivity (Wildman–Crippen MR) is 102 cm³/mol. The largest absolute Gasteiger partial charge is 0.493 e. The summed E-state index contributed by atoms with van der Waals surface area (Å²) >= 11 is 0. The van der Waals surface area contributed by atoms with Gasteiger partial charge in [-0.15, -0.1) is 5.10 Å². The van der Waals surface area contributed by atoms with Gasteiger partial charge in [0, 0.05) is 10.9 Å². The molecular formula is C20H17N5O3. The molecule has 0 amide bonds. The lowest BCUT2D eigenvalue weighted by Gasteiger charge is -2.11. The van der Waals surface area contributed by atoms with Gasteiger partial charge < -0.3 is 14.2 Å². The highest BCUT2D eigenvalue weighted by atomic mass is 16.7. The second-order valence-electron chi connectivity index (χ2n) is 6.58. The number of benzene rings is 2. The van der Waals surface area contributed by atoms with E-state index in [2.05, 4.69) is 28.5 Å². The van der Waals surface area contributed by atoms with E-state index >= 15 is 0 Å². The molecule has 0 fully saturated rings. The molecule has 5 rings (SSSR count). The van der Waals surface area contributed by atoms with Crippen LogP contribution in [0.15, 0.2) is 36.4 Å². The van der Waals surface area contributed by atoms with Gasteiger partial charge in [-0.2, -0.15) is 4.68 Å². The molecule has 140 valence electrons. The molecule has 2 aromatic heterocycles. The standard InChI is InChI=1S/C20H17N5O3/c1-11-6-17(13-7-18(26-3)20-19(8-13)27-10-28-20)21-16-5-4-14(9-15(11)16)25-12(2)22-23-24-25/h4-9H,10H2,1-3H3. The Balaban J connectivity index is 1.64. The van der Waals surface area contributed by atoms with E-state index in [1.807, 2.05) is 37.3 Å². The van der Waals surface area contributed by atoms with E-state index < -0.39 is 0 Å². The zero-order valence-electron chi connectivity index (χ0n) is 15.6. The van der Waals surface area contributed by atoms with E-state index in [1.165, 1.54) is 0 Å². The van der Waals surface area contributed by atoms with Gasteiger partial charge in [0.15, 0.2) is 17.3 Å². The molecule has 1 aliphatic heterocycles. The lowest BCUT2D eigenvalue weighted by atomic mass is 10.0. The van der Waals surface area contributed by atoms with Gasteiger partial charge in [0.1, 0.15) is 0 Å². The molecule has 0 aliphatic carbocycles. The molecule has 4 aromatic rings. The summed E-state index contributed by atoms with van der Waals surface area (Å²) in [5.74, 6) is 2.66. The van der Waals surface area contributed by atoms with Crippen molar-refractivity contribution >= 4 is 10.9 Å². The number of ether oxygens (including phenoxy) is 3. The van der Waals surface area contributed by atoms with Crippen molar-refractivity contribution in [3.05, 3.63) is 47.8 Å². The summed E-state index contributed by atoms with van der Waals surface area (Å²) < 4.78 is 18.2. The van der Waals surface area contributed by atoms with Crippen LogP contribution in [-0.2, 0) is 0 Å². The van der Waals surface area contributed by atoms with Crippen molar-refractivity contribution in [2.45, 2.75) is 13.8 Å². The van der Waals surface area contributed by atoms with E-state index in [0.29, 0.717) is 17.2 Å². The first-order chi connectivity index (χ1) is 13.6. The van der Waals surface area contributed by atoms with Crippen molar-refractivity contribution in [1.82, 2.24) is 25.2 Å². The van der Waals surface area contributed by atoms with Gasteiger partial charge in [0.05, 0.1) is 24.0 Å². The fourth-order valence-corrected chi connectivity index (χ4v) is 3.41. The van der Waals surface area contributed by atoms with Crippen molar-refractivity contribution in [1.29, 1.82) is 0 Å². The molecule has 8 nitrogen and oxygen atoms in total. The highest BCUT2D eigenvalue weighted by molar-refractivity contribution is 5.87. The Kier molecular flexibility index (Phi) is 3.65. The van der Waals surface area contributed by atoms with Crippen LogP contribution in [0.3, 0.4) is 0 Å². The van der Waals surface area contributed by atoms with Crippen molar-refractivity contribution in [3.8, 4) is 34.2 Å². The molecule has 0 unspecified atom stereocenters. The number of hydrogen-bond acceptors (Lipinski definition) is 7. The van der Waals surface area contributed by atoms with Gasteiger partial charge in [0.25, 0.3) is 0 Å². The van der Waals surface area contributed by atoms with Crippen molar-refractivity contribution < 1.29 is 14.2 Å². The fraction of sp³-hybridized carbons (Fsp3) is 0.200. The number of methoxy groups -OCH3 is 1. The molecule has 0 atom stereocenters. The summed E-state index contributed by atoms with van der Waals surface area (Å²) in [5, 5.41) is 12.7. The number of hydrogen-bond donors (Lipinski definition) is 0. The highest BCUT2D eigenvalue weighted by Crippen LogP contribution is 2.44. The second-order valence-corrected chi connectivity index (χ2v) is 6.58. The highest BCUT2D eigenvalue weighted by Gasteiger charge is 2.21. The van der Waals surface area contributed by atoms with Crippen molar-refractivity contribution in [2.75, 3.05) is 13.9 Å². The fourth-order valence-electron chi connectivity index (χ4n) is 3.41. The molecular weight excluding hydrogens is 358 g/mol. The minimum atomic E-state index is 0.193. The number of nitrogens with zero attached hydrogens (tertiary/aromatic N) is 5. The Bertz CT molecular complexity index is 1220. The number of tetrazole rings is 1. The van der Waals surface area contributed by atoms with Crippen LogP contribution in [0.1, 0.15) is 11.4 Å². The zero-order valence-corrected chi connectivity index (χ0v) is 15.6. The molecule has 0 saturated carbocycles. The smallest absolute Gasteiger partial charge is 0.231 e. The van der Waals surface area contributed by atoms with Crippen LogP contribution >= 0.6 is 0 Å². The van der Waals surface area contributed by atoms with Crippen LogP contribution in [0, 0.1) is 13.8 Å². The second kappa shape index (κ2) is 6.19. The first-order valence-electron chi connectivity index (χ1n) is 8.79. The Morgan fingerprint density at radius 3 is 2.75 bits per heavy atom. The SMILES string of the molecule is COc1cc(-c2cc(C)c3cc(-n4nnnc4C)ccc3n2)cc2c1OCO2. The summed E-state index contributed by atoms with van der Waals surface area (Å²) in [6, 6.07) is 11.9. The summed E-state index contributed by atoms with van der Waals surface area (Å²) in [6.07, 6.45) is 0. The molecule has 28 heavy (non-hydrogen) atoms. The minimum absolute atomic E-state index is 0.193. The van der Waals surface area contributed by atoms with E-state index in [1.54, 1.807) is 11.8 Å². The third-order valence-electron chi connectivity index (χ3n) is 4.82. The predicted octanol–water partition coefficient (Wildman–Crippen LogP) is 3.23. The van der Waals surface area contributed by atoms with Gasteiger partial charge >= 0.3 is 0 Å². The van der Waals surface area contributed by atoms with E-state index in [9.17, 15) is 0 Å². The third-order valence-corrected chi connectivity index (χ3v) is 4.82. The Hall–Kier alpha value is -3.68. The van der Waals surface area contributed by atoms with Gasteiger partial charge in [-0.1, -0.05) is 0 Å². The maximum Gasteiger partial charge on any atom is 0.231 e.